The molecule has 2 nitrogen and oxygen atoms in total. The standard InChI is InChI=1S/C13H27NO/c1-4-5-7-10-13(15)11-8-6-9-12(13)14(2)3/h12,15H,4-11H2,1-3H3. The van der Waals surface area contributed by atoms with Crippen LogP contribution >= 0.6 is 0 Å². The van der Waals surface area contributed by atoms with E-state index in [1.54, 1.807) is 0 Å². The molecule has 0 aromatic carbocycles. The van der Waals surface area contributed by atoms with Gasteiger partial charge in [-0.3, -0.25) is 0 Å². The van der Waals surface area contributed by atoms with E-state index in [4.69, 9.17) is 0 Å². The minimum Gasteiger partial charge on any atom is -0.388 e. The van der Waals surface area contributed by atoms with Crippen LogP contribution in [-0.2, 0) is 0 Å². The fraction of sp³-hybridized carbons (Fsp3) is 1.00. The molecule has 1 fully saturated rings. The van der Waals surface area contributed by atoms with Gasteiger partial charge < -0.3 is 10.0 Å². The zero-order valence-corrected chi connectivity index (χ0v) is 10.6. The number of likely N-dealkylation sites (N-methyl/N-ethyl adjacent to an activating group) is 1. The summed E-state index contributed by atoms with van der Waals surface area (Å²) in [7, 11) is 4.20. The van der Waals surface area contributed by atoms with Gasteiger partial charge in [0.1, 0.15) is 0 Å². The van der Waals surface area contributed by atoms with Crippen molar-refractivity contribution in [3.8, 4) is 0 Å². The molecule has 90 valence electrons. The first-order chi connectivity index (χ1) is 7.10. The van der Waals surface area contributed by atoms with Crippen LogP contribution in [0.5, 0.6) is 0 Å². The van der Waals surface area contributed by atoms with Gasteiger partial charge in [0, 0.05) is 6.04 Å². The molecule has 1 saturated carbocycles. The Labute approximate surface area is 94.7 Å². The number of hydrogen-bond acceptors (Lipinski definition) is 2. The third-order valence-electron chi connectivity index (χ3n) is 3.79. The summed E-state index contributed by atoms with van der Waals surface area (Å²) >= 11 is 0. The van der Waals surface area contributed by atoms with Crippen LogP contribution in [0.1, 0.15) is 58.3 Å². The van der Waals surface area contributed by atoms with Crippen LogP contribution in [0, 0.1) is 0 Å². The van der Waals surface area contributed by atoms with E-state index >= 15 is 0 Å². The van der Waals surface area contributed by atoms with Crippen LogP contribution in [-0.4, -0.2) is 35.7 Å². The first kappa shape index (κ1) is 13.0. The van der Waals surface area contributed by atoms with E-state index in [1.165, 1.54) is 32.1 Å². The minimum atomic E-state index is -0.406. The van der Waals surface area contributed by atoms with E-state index in [0.717, 1.165) is 19.3 Å². The van der Waals surface area contributed by atoms with Crippen LogP contribution in [0.2, 0.25) is 0 Å². The summed E-state index contributed by atoms with van der Waals surface area (Å²) in [5, 5.41) is 10.7. The van der Waals surface area contributed by atoms with Gasteiger partial charge in [-0.15, -0.1) is 0 Å². The van der Waals surface area contributed by atoms with E-state index in [-0.39, 0.29) is 0 Å². The predicted molar refractivity (Wildman–Crippen MR) is 65.0 cm³/mol. The Morgan fingerprint density at radius 3 is 2.60 bits per heavy atom. The predicted octanol–water partition coefficient (Wildman–Crippen LogP) is 2.80. The number of unbranched alkanes of at least 4 members (excludes halogenated alkanes) is 2. The molecular formula is C13H27NO. The lowest BCUT2D eigenvalue weighted by molar-refractivity contribution is -0.0676. The highest BCUT2D eigenvalue weighted by Gasteiger charge is 2.39. The SMILES string of the molecule is CCCCCC1(O)CCCCC1N(C)C. The summed E-state index contributed by atoms with van der Waals surface area (Å²) in [6.07, 6.45) is 9.30. The van der Waals surface area contributed by atoms with Crippen molar-refractivity contribution in [2.24, 2.45) is 0 Å². The summed E-state index contributed by atoms with van der Waals surface area (Å²) < 4.78 is 0. The monoisotopic (exact) mass is 213 g/mol. The van der Waals surface area contributed by atoms with Crippen molar-refractivity contribution in [1.82, 2.24) is 4.90 Å². The Balaban J connectivity index is 2.51. The summed E-state index contributed by atoms with van der Waals surface area (Å²) in [5.41, 5.74) is -0.406. The fourth-order valence-corrected chi connectivity index (χ4v) is 2.92. The van der Waals surface area contributed by atoms with Crippen molar-refractivity contribution in [1.29, 1.82) is 0 Å². The molecule has 0 spiro atoms. The van der Waals surface area contributed by atoms with Crippen LogP contribution in [0.25, 0.3) is 0 Å². The van der Waals surface area contributed by atoms with Gasteiger partial charge in [0.05, 0.1) is 5.60 Å². The molecule has 1 aliphatic carbocycles. The maximum absolute atomic E-state index is 10.7. The number of hydrogen-bond donors (Lipinski definition) is 1. The van der Waals surface area contributed by atoms with Crippen LogP contribution < -0.4 is 0 Å². The second kappa shape index (κ2) is 5.86. The third-order valence-corrected chi connectivity index (χ3v) is 3.79. The molecule has 0 aliphatic heterocycles. The summed E-state index contributed by atoms with van der Waals surface area (Å²) in [5.74, 6) is 0. The normalized spacial score (nSPS) is 32.2. The molecule has 2 atom stereocenters. The topological polar surface area (TPSA) is 23.5 Å². The Hall–Kier alpha value is -0.0800. The lowest BCUT2D eigenvalue weighted by Crippen LogP contribution is -2.52. The number of aliphatic hydroxyl groups is 1. The molecule has 0 radical (unpaired) electrons. The van der Waals surface area contributed by atoms with E-state index in [9.17, 15) is 5.11 Å². The quantitative estimate of drug-likeness (QED) is 0.710. The van der Waals surface area contributed by atoms with Crippen molar-refractivity contribution < 1.29 is 5.11 Å². The maximum atomic E-state index is 10.7. The zero-order valence-electron chi connectivity index (χ0n) is 10.6. The second-order valence-electron chi connectivity index (χ2n) is 5.29. The van der Waals surface area contributed by atoms with E-state index < -0.39 is 5.60 Å². The molecule has 2 heteroatoms. The Kier molecular flexibility index (Phi) is 5.07. The average molecular weight is 213 g/mol. The molecule has 15 heavy (non-hydrogen) atoms. The van der Waals surface area contributed by atoms with Crippen LogP contribution in [0.4, 0.5) is 0 Å². The van der Waals surface area contributed by atoms with Gasteiger partial charge in [-0.05, 0) is 33.4 Å². The van der Waals surface area contributed by atoms with Gasteiger partial charge in [-0.1, -0.05) is 39.0 Å². The van der Waals surface area contributed by atoms with Crippen molar-refractivity contribution in [3.63, 3.8) is 0 Å². The van der Waals surface area contributed by atoms with E-state index in [1.807, 2.05) is 0 Å². The van der Waals surface area contributed by atoms with E-state index in [0.29, 0.717) is 6.04 Å². The first-order valence-electron chi connectivity index (χ1n) is 6.49. The van der Waals surface area contributed by atoms with Crippen molar-refractivity contribution in [2.45, 2.75) is 69.9 Å². The molecule has 0 bridgehead atoms. The molecular weight excluding hydrogens is 186 g/mol. The molecule has 0 aromatic heterocycles. The van der Waals surface area contributed by atoms with Crippen LogP contribution in [0.3, 0.4) is 0 Å². The van der Waals surface area contributed by atoms with Gasteiger partial charge >= 0.3 is 0 Å². The molecule has 1 rings (SSSR count). The molecule has 0 heterocycles. The first-order valence-corrected chi connectivity index (χ1v) is 6.49. The lowest BCUT2D eigenvalue weighted by atomic mass is 9.76. The van der Waals surface area contributed by atoms with Gasteiger partial charge in [0.25, 0.3) is 0 Å². The second-order valence-corrected chi connectivity index (χ2v) is 5.29. The lowest BCUT2D eigenvalue weighted by Gasteiger charge is -2.43. The molecule has 1 N–H and O–H groups in total. The smallest absolute Gasteiger partial charge is 0.0802 e. The average Bonchev–Trinajstić information content (AvgIpc) is 2.18. The summed E-state index contributed by atoms with van der Waals surface area (Å²) in [4.78, 5) is 2.21. The molecule has 1 aliphatic rings. The molecule has 2 unspecified atom stereocenters. The Morgan fingerprint density at radius 1 is 1.27 bits per heavy atom. The van der Waals surface area contributed by atoms with Crippen molar-refractivity contribution in [3.05, 3.63) is 0 Å². The third kappa shape index (κ3) is 3.46. The van der Waals surface area contributed by atoms with Crippen molar-refractivity contribution in [2.75, 3.05) is 14.1 Å². The Morgan fingerprint density at radius 2 is 2.00 bits per heavy atom. The highest BCUT2D eigenvalue weighted by Crippen LogP contribution is 2.35. The molecule has 0 aromatic rings. The van der Waals surface area contributed by atoms with Crippen molar-refractivity contribution >= 4 is 0 Å². The van der Waals surface area contributed by atoms with Crippen LogP contribution in [0.15, 0.2) is 0 Å². The highest BCUT2D eigenvalue weighted by molar-refractivity contribution is 4.94. The maximum Gasteiger partial charge on any atom is 0.0802 e. The number of rotatable bonds is 5. The zero-order chi connectivity index (χ0) is 11.3. The molecule has 0 saturated heterocycles. The number of nitrogens with zero attached hydrogens (tertiary/aromatic N) is 1. The highest BCUT2D eigenvalue weighted by atomic mass is 16.3. The largest absolute Gasteiger partial charge is 0.388 e. The Bertz CT molecular complexity index is 181. The van der Waals surface area contributed by atoms with Gasteiger partial charge in [0.2, 0.25) is 0 Å². The summed E-state index contributed by atoms with van der Waals surface area (Å²) in [6.45, 7) is 2.22. The fourth-order valence-electron chi connectivity index (χ4n) is 2.92. The van der Waals surface area contributed by atoms with Gasteiger partial charge in [-0.2, -0.15) is 0 Å². The molecule has 0 amide bonds. The van der Waals surface area contributed by atoms with Gasteiger partial charge in [-0.25, -0.2) is 0 Å². The minimum absolute atomic E-state index is 0.378. The van der Waals surface area contributed by atoms with E-state index in [2.05, 4.69) is 25.9 Å². The summed E-state index contributed by atoms with van der Waals surface area (Å²) in [6, 6.07) is 0.378. The van der Waals surface area contributed by atoms with Gasteiger partial charge in [0.15, 0.2) is 0 Å².